The first kappa shape index (κ1) is 30.8. The zero-order valence-electron chi connectivity index (χ0n) is 25.0. The molecule has 1 saturated heterocycles. The molecule has 5 aromatic rings. The van der Waals surface area contributed by atoms with E-state index >= 15 is 0 Å². The molecule has 46 heavy (non-hydrogen) atoms. The van der Waals surface area contributed by atoms with Crippen LogP contribution in [-0.4, -0.2) is 32.7 Å². The number of carboxylic acids is 1. The quantitative estimate of drug-likeness (QED) is 0.0987. The smallest absolute Gasteiger partial charge is 0.323 e. The molecule has 1 heterocycles. The summed E-state index contributed by atoms with van der Waals surface area (Å²) >= 11 is 6.35. The lowest BCUT2D eigenvalue weighted by Gasteiger charge is -2.25. The van der Waals surface area contributed by atoms with Gasteiger partial charge in [0.2, 0.25) is 0 Å². The predicted octanol–water partition coefficient (Wildman–Crippen LogP) is 9.34. The van der Waals surface area contributed by atoms with Gasteiger partial charge >= 0.3 is 5.97 Å². The number of amides is 1. The van der Waals surface area contributed by atoms with Gasteiger partial charge in [0.05, 0.1) is 4.91 Å². The zero-order chi connectivity index (χ0) is 32.0. The second-order valence-electron chi connectivity index (χ2n) is 10.8. The molecular formula is C39H30N2O3S2. The van der Waals surface area contributed by atoms with E-state index < -0.39 is 12.5 Å². The van der Waals surface area contributed by atoms with Crippen molar-refractivity contribution in [1.29, 1.82) is 0 Å². The largest absolute Gasteiger partial charge is 0.480 e. The van der Waals surface area contributed by atoms with Gasteiger partial charge in [0.25, 0.3) is 5.91 Å². The molecule has 5 aromatic carbocycles. The minimum Gasteiger partial charge on any atom is -0.480 e. The molecule has 1 aliphatic heterocycles. The maximum atomic E-state index is 12.7. The third-order valence-electron chi connectivity index (χ3n) is 7.54. The van der Waals surface area contributed by atoms with Crippen molar-refractivity contribution in [1.82, 2.24) is 4.90 Å². The van der Waals surface area contributed by atoms with Gasteiger partial charge in [0.15, 0.2) is 0 Å². The average Bonchev–Trinajstić information content (AvgIpc) is 3.33. The summed E-state index contributed by atoms with van der Waals surface area (Å²) in [5, 5.41) is 9.12. The van der Waals surface area contributed by atoms with Gasteiger partial charge in [0.1, 0.15) is 10.9 Å². The highest BCUT2D eigenvalue weighted by Crippen LogP contribution is 2.37. The third-order valence-corrected chi connectivity index (χ3v) is 8.92. The van der Waals surface area contributed by atoms with Gasteiger partial charge in [-0.3, -0.25) is 14.5 Å². The molecule has 0 atom stereocenters. The topological polar surface area (TPSA) is 60.9 Å². The summed E-state index contributed by atoms with van der Waals surface area (Å²) in [5.41, 5.74) is 9.58. The van der Waals surface area contributed by atoms with Gasteiger partial charge in [-0.1, -0.05) is 127 Å². The fourth-order valence-corrected chi connectivity index (χ4v) is 6.49. The van der Waals surface area contributed by atoms with Crippen molar-refractivity contribution in [3.05, 3.63) is 166 Å². The molecule has 0 unspecified atom stereocenters. The van der Waals surface area contributed by atoms with Gasteiger partial charge < -0.3 is 10.0 Å². The van der Waals surface area contributed by atoms with Crippen LogP contribution in [0, 0.1) is 6.92 Å². The standard InChI is InChI=1S/C39H30N2O3S2/c1-27-12-18-31(19-13-27)35(30-8-4-2-5-9-30)24-28-14-20-33(21-15-28)41(32-10-6-3-7-11-32)34-22-16-29(17-23-34)25-36-38(44)40(26-37(42)43)39(45)46-36/h2-25H,26H2,1H3,(H,42,43)/b35-24?,36-25-. The Balaban J connectivity index is 1.31. The van der Waals surface area contributed by atoms with Crippen molar-refractivity contribution < 1.29 is 14.7 Å². The van der Waals surface area contributed by atoms with Crippen LogP contribution in [0.15, 0.2) is 138 Å². The fourth-order valence-electron chi connectivity index (χ4n) is 5.24. The van der Waals surface area contributed by atoms with Crippen LogP contribution in [0.2, 0.25) is 0 Å². The van der Waals surface area contributed by atoms with Gasteiger partial charge in [-0.15, -0.1) is 0 Å². The van der Waals surface area contributed by atoms with Crippen LogP contribution in [0.3, 0.4) is 0 Å². The Bertz CT molecular complexity index is 1940. The summed E-state index contributed by atoms with van der Waals surface area (Å²) in [6.45, 7) is 1.65. The first-order valence-corrected chi connectivity index (χ1v) is 15.9. The highest BCUT2D eigenvalue weighted by Gasteiger charge is 2.33. The first-order chi connectivity index (χ1) is 22.4. The number of para-hydroxylation sites is 1. The molecular weight excluding hydrogens is 609 g/mol. The predicted molar refractivity (Wildman–Crippen MR) is 193 cm³/mol. The summed E-state index contributed by atoms with van der Waals surface area (Å²) in [6.07, 6.45) is 3.97. The normalized spacial score (nSPS) is 14.2. The van der Waals surface area contributed by atoms with Crippen LogP contribution < -0.4 is 4.90 Å². The maximum absolute atomic E-state index is 12.7. The molecule has 0 bridgehead atoms. The van der Waals surface area contributed by atoms with E-state index in [0.29, 0.717) is 4.91 Å². The van der Waals surface area contributed by atoms with Gasteiger partial charge in [-0.05, 0) is 83.3 Å². The second kappa shape index (κ2) is 13.8. The summed E-state index contributed by atoms with van der Waals surface area (Å²) < 4.78 is 0.249. The number of benzene rings is 5. The lowest BCUT2D eigenvalue weighted by molar-refractivity contribution is -0.140. The van der Waals surface area contributed by atoms with Crippen LogP contribution in [-0.2, 0) is 9.59 Å². The Morgan fingerprint density at radius 3 is 1.85 bits per heavy atom. The second-order valence-corrected chi connectivity index (χ2v) is 12.5. The number of hydrogen-bond donors (Lipinski definition) is 1. The minimum atomic E-state index is -1.10. The molecule has 1 amide bonds. The Hall–Kier alpha value is -5.24. The summed E-state index contributed by atoms with van der Waals surface area (Å²) in [6, 6.07) is 45.6. The summed E-state index contributed by atoms with van der Waals surface area (Å²) in [4.78, 5) is 27.6. The lowest BCUT2D eigenvalue weighted by atomic mass is 9.95. The van der Waals surface area contributed by atoms with Crippen molar-refractivity contribution >= 4 is 75.0 Å². The molecule has 1 N–H and O–H groups in total. The van der Waals surface area contributed by atoms with Crippen LogP contribution >= 0.6 is 24.0 Å². The van der Waals surface area contributed by atoms with Crippen LogP contribution in [0.1, 0.15) is 27.8 Å². The molecule has 1 aliphatic rings. The number of carbonyl (C=O) groups is 2. The van der Waals surface area contributed by atoms with E-state index in [1.54, 1.807) is 6.08 Å². The van der Waals surface area contributed by atoms with Crippen molar-refractivity contribution in [2.24, 2.45) is 0 Å². The Kier molecular flexibility index (Phi) is 9.24. The molecule has 6 rings (SSSR count). The van der Waals surface area contributed by atoms with E-state index in [1.165, 1.54) is 5.56 Å². The van der Waals surface area contributed by atoms with Crippen molar-refractivity contribution in [2.45, 2.75) is 6.92 Å². The van der Waals surface area contributed by atoms with E-state index in [-0.39, 0.29) is 10.2 Å². The van der Waals surface area contributed by atoms with Crippen LogP contribution in [0.25, 0.3) is 17.7 Å². The van der Waals surface area contributed by atoms with Gasteiger partial charge in [0, 0.05) is 17.1 Å². The number of rotatable bonds is 9. The van der Waals surface area contributed by atoms with Crippen LogP contribution in [0.4, 0.5) is 17.1 Å². The number of aryl methyl sites for hydroxylation is 1. The highest BCUT2D eigenvalue weighted by molar-refractivity contribution is 8.26. The maximum Gasteiger partial charge on any atom is 0.323 e. The number of hydrogen-bond acceptors (Lipinski definition) is 5. The fraction of sp³-hybridized carbons (Fsp3) is 0.0513. The van der Waals surface area contributed by atoms with E-state index in [9.17, 15) is 9.59 Å². The summed E-state index contributed by atoms with van der Waals surface area (Å²) in [7, 11) is 0. The third kappa shape index (κ3) is 7.01. The van der Waals surface area contributed by atoms with E-state index in [0.717, 1.165) is 61.6 Å². The minimum absolute atomic E-state index is 0.249. The Morgan fingerprint density at radius 2 is 1.26 bits per heavy atom. The Labute approximate surface area is 278 Å². The molecule has 0 radical (unpaired) electrons. The molecule has 0 aliphatic carbocycles. The Morgan fingerprint density at radius 1 is 0.739 bits per heavy atom. The molecule has 0 aromatic heterocycles. The number of thiocarbonyl (C=S) groups is 1. The molecule has 226 valence electrons. The van der Waals surface area contributed by atoms with E-state index in [2.05, 4.69) is 103 Å². The number of thioether (sulfide) groups is 1. The lowest BCUT2D eigenvalue weighted by Crippen LogP contribution is -2.33. The number of carboxylic acid groups (broad SMARTS) is 1. The first-order valence-electron chi connectivity index (χ1n) is 14.7. The van der Waals surface area contributed by atoms with Crippen molar-refractivity contribution in [3.63, 3.8) is 0 Å². The SMILES string of the molecule is Cc1ccc(C(=Cc2ccc(N(c3ccccc3)c3ccc(/C=C4\SC(=S)N(CC(=O)O)C4=O)cc3)cc2)c2ccccc2)cc1. The molecule has 7 heteroatoms. The van der Waals surface area contributed by atoms with Crippen molar-refractivity contribution in [3.8, 4) is 0 Å². The van der Waals surface area contributed by atoms with Gasteiger partial charge in [-0.2, -0.15) is 0 Å². The van der Waals surface area contributed by atoms with Crippen molar-refractivity contribution in [2.75, 3.05) is 11.4 Å². The van der Waals surface area contributed by atoms with Crippen LogP contribution in [0.5, 0.6) is 0 Å². The molecule has 0 saturated carbocycles. The molecule has 1 fully saturated rings. The molecule has 5 nitrogen and oxygen atoms in total. The highest BCUT2D eigenvalue weighted by atomic mass is 32.2. The van der Waals surface area contributed by atoms with E-state index in [4.69, 9.17) is 17.3 Å². The zero-order valence-corrected chi connectivity index (χ0v) is 26.7. The monoisotopic (exact) mass is 638 g/mol. The van der Waals surface area contributed by atoms with E-state index in [1.807, 2.05) is 48.5 Å². The van der Waals surface area contributed by atoms with Gasteiger partial charge in [-0.25, -0.2) is 0 Å². The number of anilines is 3. The number of nitrogens with zero attached hydrogens (tertiary/aromatic N) is 2. The number of carbonyl (C=O) groups excluding carboxylic acids is 1. The average molecular weight is 639 g/mol. The molecule has 0 spiro atoms. The summed E-state index contributed by atoms with van der Waals surface area (Å²) in [5.74, 6) is -1.49. The number of aliphatic carboxylic acids is 1.